The molecule has 1 aromatic carbocycles. The van der Waals surface area contributed by atoms with Gasteiger partial charge in [-0.05, 0) is 12.5 Å². The Balaban J connectivity index is 3.36. The van der Waals surface area contributed by atoms with Gasteiger partial charge in [0.1, 0.15) is 0 Å². The molecule has 6 nitrogen and oxygen atoms in total. The Labute approximate surface area is 86.5 Å². The number of oxime groups is 2. The van der Waals surface area contributed by atoms with Gasteiger partial charge < -0.3 is 21.9 Å². The van der Waals surface area contributed by atoms with E-state index < -0.39 is 0 Å². The number of rotatable bonds is 2. The summed E-state index contributed by atoms with van der Waals surface area (Å²) in [6.45, 7) is 1.74. The van der Waals surface area contributed by atoms with E-state index in [1.54, 1.807) is 25.1 Å². The van der Waals surface area contributed by atoms with Crippen LogP contribution in [0.2, 0.25) is 0 Å². The predicted octanol–water partition coefficient (Wildman–Crippen LogP) is 0.184. The summed E-state index contributed by atoms with van der Waals surface area (Å²) in [5.74, 6) is -0.0276. The molecule has 0 amide bonds. The standard InChI is InChI=1S/C9H12N4O2/c1-5-6(8(10)12-14)3-2-4-7(5)9(11)13-15/h2-4,14-15H,1H3,(H2,10,12)(H2,11,13). The van der Waals surface area contributed by atoms with Gasteiger partial charge in [-0.2, -0.15) is 0 Å². The average molecular weight is 208 g/mol. The van der Waals surface area contributed by atoms with Gasteiger partial charge in [-0.15, -0.1) is 0 Å². The molecule has 0 heterocycles. The summed E-state index contributed by atoms with van der Waals surface area (Å²) >= 11 is 0. The fourth-order valence-electron chi connectivity index (χ4n) is 1.30. The maximum Gasteiger partial charge on any atom is 0.170 e. The van der Waals surface area contributed by atoms with Crippen molar-refractivity contribution < 1.29 is 10.4 Å². The number of benzene rings is 1. The number of nitrogens with zero attached hydrogens (tertiary/aromatic N) is 2. The maximum atomic E-state index is 8.55. The lowest BCUT2D eigenvalue weighted by atomic mass is 10.0. The molecule has 0 unspecified atom stereocenters. The van der Waals surface area contributed by atoms with Gasteiger partial charge in [-0.3, -0.25) is 0 Å². The Morgan fingerprint density at radius 2 is 1.47 bits per heavy atom. The molecule has 0 spiro atoms. The molecule has 6 N–H and O–H groups in total. The van der Waals surface area contributed by atoms with Crippen LogP contribution < -0.4 is 11.5 Å². The first kappa shape index (κ1) is 10.8. The molecule has 15 heavy (non-hydrogen) atoms. The number of hydrogen-bond donors (Lipinski definition) is 4. The van der Waals surface area contributed by atoms with Crippen LogP contribution in [-0.4, -0.2) is 22.1 Å². The molecule has 0 saturated carbocycles. The smallest absolute Gasteiger partial charge is 0.170 e. The fraction of sp³-hybridized carbons (Fsp3) is 0.111. The van der Waals surface area contributed by atoms with Crippen LogP contribution in [0.4, 0.5) is 0 Å². The fourth-order valence-corrected chi connectivity index (χ4v) is 1.30. The molecule has 0 aromatic heterocycles. The van der Waals surface area contributed by atoms with E-state index in [-0.39, 0.29) is 11.7 Å². The molecule has 0 aliphatic carbocycles. The van der Waals surface area contributed by atoms with E-state index in [4.69, 9.17) is 21.9 Å². The van der Waals surface area contributed by atoms with Crippen LogP contribution in [0.3, 0.4) is 0 Å². The third-order valence-electron chi connectivity index (χ3n) is 2.10. The second kappa shape index (κ2) is 4.32. The molecule has 0 radical (unpaired) electrons. The minimum atomic E-state index is -0.0138. The van der Waals surface area contributed by atoms with Crippen molar-refractivity contribution in [3.63, 3.8) is 0 Å². The Hall–Kier alpha value is -2.24. The van der Waals surface area contributed by atoms with Crippen LogP contribution in [0.25, 0.3) is 0 Å². The van der Waals surface area contributed by atoms with Crippen molar-refractivity contribution in [2.75, 3.05) is 0 Å². The highest BCUT2D eigenvalue weighted by Crippen LogP contribution is 2.13. The van der Waals surface area contributed by atoms with Gasteiger partial charge in [0.25, 0.3) is 0 Å². The van der Waals surface area contributed by atoms with Gasteiger partial charge in [0.05, 0.1) is 0 Å². The molecule has 0 aliphatic heterocycles. The van der Waals surface area contributed by atoms with Crippen LogP contribution in [0.15, 0.2) is 28.5 Å². The zero-order valence-corrected chi connectivity index (χ0v) is 8.18. The molecule has 0 aliphatic rings. The Bertz CT molecular complexity index is 390. The molecule has 1 rings (SSSR count). The predicted molar refractivity (Wildman–Crippen MR) is 56.2 cm³/mol. The SMILES string of the molecule is Cc1c(/C(N)=N/O)cccc1/C(N)=N/O. The Morgan fingerprint density at radius 1 is 1.07 bits per heavy atom. The first-order chi connectivity index (χ1) is 7.11. The van der Waals surface area contributed by atoms with Crippen molar-refractivity contribution in [2.24, 2.45) is 21.8 Å². The Kier molecular flexibility index (Phi) is 3.12. The van der Waals surface area contributed by atoms with E-state index in [2.05, 4.69) is 10.3 Å². The third-order valence-corrected chi connectivity index (χ3v) is 2.10. The topological polar surface area (TPSA) is 117 Å². The minimum absolute atomic E-state index is 0.0138. The van der Waals surface area contributed by atoms with Crippen LogP contribution in [0.1, 0.15) is 16.7 Å². The molecular weight excluding hydrogens is 196 g/mol. The lowest BCUT2D eigenvalue weighted by Crippen LogP contribution is -2.19. The lowest BCUT2D eigenvalue weighted by Gasteiger charge is -2.08. The van der Waals surface area contributed by atoms with Crippen molar-refractivity contribution in [1.82, 2.24) is 0 Å². The first-order valence-corrected chi connectivity index (χ1v) is 4.17. The van der Waals surface area contributed by atoms with Gasteiger partial charge >= 0.3 is 0 Å². The van der Waals surface area contributed by atoms with Crippen LogP contribution >= 0.6 is 0 Å². The van der Waals surface area contributed by atoms with Crippen LogP contribution in [0.5, 0.6) is 0 Å². The molecule has 0 fully saturated rings. The van der Waals surface area contributed by atoms with Crippen molar-refractivity contribution in [2.45, 2.75) is 6.92 Å². The van der Waals surface area contributed by atoms with Crippen molar-refractivity contribution >= 4 is 11.7 Å². The van der Waals surface area contributed by atoms with Crippen molar-refractivity contribution in [3.05, 3.63) is 34.9 Å². The average Bonchev–Trinajstić information content (AvgIpc) is 2.27. The van der Waals surface area contributed by atoms with Gasteiger partial charge in [-0.25, -0.2) is 0 Å². The zero-order valence-electron chi connectivity index (χ0n) is 8.18. The summed E-state index contributed by atoms with van der Waals surface area (Å²) in [6, 6.07) is 5.03. The molecule has 6 heteroatoms. The highest BCUT2D eigenvalue weighted by atomic mass is 16.4. The second-order valence-electron chi connectivity index (χ2n) is 2.95. The monoisotopic (exact) mass is 208 g/mol. The van der Waals surface area contributed by atoms with E-state index in [9.17, 15) is 0 Å². The molecule has 80 valence electrons. The molecule has 0 atom stereocenters. The molecule has 0 saturated heterocycles. The summed E-state index contributed by atoms with van der Waals surface area (Å²) < 4.78 is 0. The van der Waals surface area contributed by atoms with E-state index >= 15 is 0 Å². The van der Waals surface area contributed by atoms with Crippen molar-refractivity contribution in [1.29, 1.82) is 0 Å². The second-order valence-corrected chi connectivity index (χ2v) is 2.95. The van der Waals surface area contributed by atoms with Crippen molar-refractivity contribution in [3.8, 4) is 0 Å². The number of hydrogen-bond acceptors (Lipinski definition) is 4. The largest absolute Gasteiger partial charge is 0.409 e. The lowest BCUT2D eigenvalue weighted by molar-refractivity contribution is 0.318. The summed E-state index contributed by atoms with van der Waals surface area (Å²) in [6.07, 6.45) is 0. The quantitative estimate of drug-likeness (QED) is 0.240. The Morgan fingerprint density at radius 3 is 1.80 bits per heavy atom. The van der Waals surface area contributed by atoms with E-state index in [0.717, 1.165) is 0 Å². The third kappa shape index (κ3) is 1.98. The summed E-state index contributed by atoms with van der Waals surface area (Å²) in [5.41, 5.74) is 12.7. The van der Waals surface area contributed by atoms with E-state index in [1.165, 1.54) is 0 Å². The van der Waals surface area contributed by atoms with Crippen LogP contribution in [-0.2, 0) is 0 Å². The zero-order chi connectivity index (χ0) is 11.4. The van der Waals surface area contributed by atoms with Gasteiger partial charge in [0.15, 0.2) is 11.7 Å². The van der Waals surface area contributed by atoms with Gasteiger partial charge in [0.2, 0.25) is 0 Å². The first-order valence-electron chi connectivity index (χ1n) is 4.17. The normalized spacial score (nSPS) is 12.9. The maximum absolute atomic E-state index is 8.55. The molecule has 1 aromatic rings. The highest BCUT2D eigenvalue weighted by Gasteiger charge is 2.10. The van der Waals surface area contributed by atoms with Gasteiger partial charge in [-0.1, -0.05) is 28.5 Å². The van der Waals surface area contributed by atoms with Crippen LogP contribution in [0, 0.1) is 6.92 Å². The minimum Gasteiger partial charge on any atom is -0.409 e. The number of amidine groups is 2. The molecule has 0 bridgehead atoms. The summed E-state index contributed by atoms with van der Waals surface area (Å²) in [4.78, 5) is 0. The van der Waals surface area contributed by atoms with E-state index in [1.807, 2.05) is 0 Å². The van der Waals surface area contributed by atoms with Gasteiger partial charge in [0, 0.05) is 11.1 Å². The molecular formula is C9H12N4O2. The number of nitrogens with two attached hydrogens (primary N) is 2. The summed E-state index contributed by atoms with van der Waals surface area (Å²) in [5, 5.41) is 22.9. The highest BCUT2D eigenvalue weighted by molar-refractivity contribution is 6.04. The summed E-state index contributed by atoms with van der Waals surface area (Å²) in [7, 11) is 0. The van der Waals surface area contributed by atoms with E-state index in [0.29, 0.717) is 16.7 Å².